The van der Waals surface area contributed by atoms with Crippen molar-refractivity contribution in [1.29, 1.82) is 0 Å². The predicted molar refractivity (Wildman–Crippen MR) is 64.8 cm³/mol. The molecule has 2 N–H and O–H groups in total. The average molecular weight is 221 g/mol. The van der Waals surface area contributed by atoms with E-state index in [1.807, 2.05) is 25.1 Å². The Morgan fingerprint density at radius 2 is 2.19 bits per heavy atom. The van der Waals surface area contributed by atoms with E-state index in [4.69, 9.17) is 10.5 Å². The Kier molecular flexibility index (Phi) is 3.01. The second kappa shape index (κ2) is 4.29. The minimum atomic E-state index is -0.0245. The summed E-state index contributed by atoms with van der Waals surface area (Å²) in [6.07, 6.45) is 1.01. The molecular formula is C12H19N3O. The van der Waals surface area contributed by atoms with Crippen LogP contribution in [0.1, 0.15) is 20.3 Å². The van der Waals surface area contributed by atoms with Gasteiger partial charge in [0.25, 0.3) is 0 Å². The van der Waals surface area contributed by atoms with E-state index < -0.39 is 0 Å². The molecule has 16 heavy (non-hydrogen) atoms. The number of hydrogen-bond donors (Lipinski definition) is 1. The summed E-state index contributed by atoms with van der Waals surface area (Å²) in [5.74, 6) is 1.64. The molecule has 1 saturated heterocycles. The zero-order valence-electron chi connectivity index (χ0n) is 9.94. The Labute approximate surface area is 96.4 Å². The van der Waals surface area contributed by atoms with Gasteiger partial charge in [-0.2, -0.15) is 4.98 Å². The van der Waals surface area contributed by atoms with E-state index in [-0.39, 0.29) is 5.54 Å². The summed E-state index contributed by atoms with van der Waals surface area (Å²) in [7, 11) is 0. The fraction of sp³-hybridized carbons (Fsp3) is 0.583. The van der Waals surface area contributed by atoms with Crippen LogP contribution in [0.15, 0.2) is 18.2 Å². The van der Waals surface area contributed by atoms with Gasteiger partial charge in [-0.1, -0.05) is 13.0 Å². The zero-order chi connectivity index (χ0) is 11.6. The molecule has 0 aliphatic carbocycles. The first-order valence-corrected chi connectivity index (χ1v) is 5.80. The third-order valence-electron chi connectivity index (χ3n) is 3.04. The second-order valence-corrected chi connectivity index (χ2v) is 4.34. The van der Waals surface area contributed by atoms with Gasteiger partial charge in [0.2, 0.25) is 5.88 Å². The molecule has 1 aliphatic rings. The number of aromatic nitrogens is 1. The van der Waals surface area contributed by atoms with Gasteiger partial charge in [-0.15, -0.1) is 0 Å². The molecule has 2 heterocycles. The van der Waals surface area contributed by atoms with Crippen molar-refractivity contribution in [3.63, 3.8) is 0 Å². The minimum absolute atomic E-state index is 0.0245. The molecule has 1 fully saturated rings. The number of anilines is 1. The molecule has 0 spiro atoms. The maximum absolute atomic E-state index is 6.13. The quantitative estimate of drug-likeness (QED) is 0.835. The lowest BCUT2D eigenvalue weighted by Crippen LogP contribution is -2.67. The normalized spacial score (nSPS) is 18.1. The van der Waals surface area contributed by atoms with Crippen molar-refractivity contribution in [2.45, 2.75) is 25.8 Å². The van der Waals surface area contributed by atoms with Gasteiger partial charge in [0.15, 0.2) is 0 Å². The summed E-state index contributed by atoms with van der Waals surface area (Å²) in [6, 6.07) is 5.84. The molecule has 1 aromatic heterocycles. The van der Waals surface area contributed by atoms with E-state index in [1.165, 1.54) is 0 Å². The average Bonchev–Trinajstić information content (AvgIpc) is 2.26. The van der Waals surface area contributed by atoms with Gasteiger partial charge in [0.1, 0.15) is 5.82 Å². The lowest BCUT2D eigenvalue weighted by Gasteiger charge is -2.48. The van der Waals surface area contributed by atoms with Crippen LogP contribution in [0.25, 0.3) is 0 Å². The van der Waals surface area contributed by atoms with E-state index >= 15 is 0 Å². The third-order valence-corrected chi connectivity index (χ3v) is 3.04. The van der Waals surface area contributed by atoms with Crippen LogP contribution in [0.5, 0.6) is 5.88 Å². The van der Waals surface area contributed by atoms with Crippen LogP contribution in [-0.2, 0) is 0 Å². The number of ether oxygens (including phenoxy) is 1. The maximum Gasteiger partial charge on any atom is 0.215 e. The number of nitrogens with two attached hydrogens (primary N) is 1. The van der Waals surface area contributed by atoms with Gasteiger partial charge in [0, 0.05) is 19.2 Å². The highest BCUT2D eigenvalue weighted by atomic mass is 16.5. The molecule has 4 heteroatoms. The number of nitrogens with zero attached hydrogens (tertiary/aromatic N) is 2. The van der Waals surface area contributed by atoms with Crippen molar-refractivity contribution in [3.8, 4) is 5.88 Å². The molecule has 0 unspecified atom stereocenters. The van der Waals surface area contributed by atoms with E-state index in [1.54, 1.807) is 0 Å². The van der Waals surface area contributed by atoms with Crippen LogP contribution in [-0.4, -0.2) is 30.2 Å². The van der Waals surface area contributed by atoms with E-state index in [9.17, 15) is 0 Å². The SMILES string of the molecule is CCOc1cccc(N2CC(N)(CC)C2)n1. The standard InChI is InChI=1S/C12H19N3O/c1-3-12(13)8-15(9-12)10-6-5-7-11(14-10)16-4-2/h5-7H,3-4,8-9,13H2,1-2H3. The molecule has 0 bridgehead atoms. The highest BCUT2D eigenvalue weighted by molar-refractivity contribution is 5.45. The van der Waals surface area contributed by atoms with Gasteiger partial charge < -0.3 is 15.4 Å². The molecule has 0 aromatic carbocycles. The van der Waals surface area contributed by atoms with Crippen LogP contribution >= 0.6 is 0 Å². The summed E-state index contributed by atoms with van der Waals surface area (Å²) < 4.78 is 5.37. The molecule has 0 amide bonds. The monoisotopic (exact) mass is 221 g/mol. The first-order valence-electron chi connectivity index (χ1n) is 5.80. The summed E-state index contributed by atoms with van der Waals surface area (Å²) >= 11 is 0. The largest absolute Gasteiger partial charge is 0.478 e. The van der Waals surface area contributed by atoms with Crippen molar-refractivity contribution in [3.05, 3.63) is 18.2 Å². The van der Waals surface area contributed by atoms with Crippen LogP contribution < -0.4 is 15.4 Å². The zero-order valence-corrected chi connectivity index (χ0v) is 9.94. The Morgan fingerprint density at radius 3 is 2.81 bits per heavy atom. The van der Waals surface area contributed by atoms with Crippen molar-refractivity contribution in [2.75, 3.05) is 24.6 Å². The van der Waals surface area contributed by atoms with Crippen molar-refractivity contribution in [1.82, 2.24) is 4.98 Å². The smallest absolute Gasteiger partial charge is 0.215 e. The van der Waals surface area contributed by atoms with Gasteiger partial charge in [-0.25, -0.2) is 0 Å². The first-order chi connectivity index (χ1) is 7.67. The minimum Gasteiger partial charge on any atom is -0.478 e. The fourth-order valence-electron chi connectivity index (χ4n) is 1.91. The highest BCUT2D eigenvalue weighted by Crippen LogP contribution is 2.27. The topological polar surface area (TPSA) is 51.4 Å². The number of pyridine rings is 1. The molecule has 0 radical (unpaired) electrons. The van der Waals surface area contributed by atoms with E-state index in [0.29, 0.717) is 12.5 Å². The van der Waals surface area contributed by atoms with Crippen LogP contribution in [0, 0.1) is 0 Å². The summed E-state index contributed by atoms with van der Waals surface area (Å²) in [4.78, 5) is 6.62. The first kappa shape index (κ1) is 11.2. The van der Waals surface area contributed by atoms with Crippen molar-refractivity contribution < 1.29 is 4.74 Å². The molecule has 1 aliphatic heterocycles. The summed E-state index contributed by atoms with van der Waals surface area (Å²) in [6.45, 7) is 6.49. The predicted octanol–water partition coefficient (Wildman–Crippen LogP) is 1.41. The molecule has 4 nitrogen and oxygen atoms in total. The Morgan fingerprint density at radius 1 is 1.44 bits per heavy atom. The van der Waals surface area contributed by atoms with Crippen LogP contribution in [0.3, 0.4) is 0 Å². The Hall–Kier alpha value is -1.29. The van der Waals surface area contributed by atoms with Crippen molar-refractivity contribution >= 4 is 5.82 Å². The Bertz CT molecular complexity index is 361. The molecule has 88 valence electrons. The molecule has 0 saturated carbocycles. The molecule has 2 rings (SSSR count). The van der Waals surface area contributed by atoms with Crippen LogP contribution in [0.2, 0.25) is 0 Å². The third kappa shape index (κ3) is 2.11. The van der Waals surface area contributed by atoms with Gasteiger partial charge in [-0.3, -0.25) is 0 Å². The van der Waals surface area contributed by atoms with Gasteiger partial charge >= 0.3 is 0 Å². The lowest BCUT2D eigenvalue weighted by molar-refractivity contribution is 0.311. The van der Waals surface area contributed by atoms with Crippen LogP contribution in [0.4, 0.5) is 5.82 Å². The lowest BCUT2D eigenvalue weighted by atomic mass is 9.88. The number of hydrogen-bond acceptors (Lipinski definition) is 4. The summed E-state index contributed by atoms with van der Waals surface area (Å²) in [5.41, 5.74) is 6.10. The molecular weight excluding hydrogens is 202 g/mol. The van der Waals surface area contributed by atoms with Gasteiger partial charge in [-0.05, 0) is 19.4 Å². The molecule has 1 aromatic rings. The maximum atomic E-state index is 6.13. The fourth-order valence-corrected chi connectivity index (χ4v) is 1.91. The van der Waals surface area contributed by atoms with Gasteiger partial charge in [0.05, 0.1) is 12.1 Å². The van der Waals surface area contributed by atoms with Crippen molar-refractivity contribution in [2.24, 2.45) is 5.73 Å². The molecule has 0 atom stereocenters. The van der Waals surface area contributed by atoms with E-state index in [0.717, 1.165) is 25.3 Å². The highest BCUT2D eigenvalue weighted by Gasteiger charge is 2.38. The van der Waals surface area contributed by atoms with E-state index in [2.05, 4.69) is 16.8 Å². The number of rotatable bonds is 4. The second-order valence-electron chi connectivity index (χ2n) is 4.34. The summed E-state index contributed by atoms with van der Waals surface area (Å²) in [5, 5.41) is 0. The Balaban J connectivity index is 2.03.